The van der Waals surface area contributed by atoms with Gasteiger partial charge in [-0.25, -0.2) is 0 Å². The van der Waals surface area contributed by atoms with Gasteiger partial charge in [-0.2, -0.15) is 0 Å². The third-order valence-corrected chi connectivity index (χ3v) is 0.679. The van der Waals surface area contributed by atoms with Gasteiger partial charge in [0, 0.05) is 0 Å². The molecule has 4 nitrogen and oxygen atoms in total. The average molecular weight is 110 g/mol. The molecule has 0 bridgehead atoms. The van der Waals surface area contributed by atoms with E-state index in [-0.39, 0.29) is 0 Å². The van der Waals surface area contributed by atoms with Gasteiger partial charge in [0.2, 0.25) is 0 Å². The Kier molecular flexibility index (Phi) is 1.15. The third kappa shape index (κ3) is 0.959. The minimum absolute atomic E-state index is 0.607. The number of nitrogens with zero attached hydrogens (tertiary/aromatic N) is 4. The first-order chi connectivity index (χ1) is 3.79. The van der Waals surface area contributed by atoms with Crippen LogP contribution in [0.3, 0.4) is 0 Å². The SMILES string of the molecule is Cc1nnc(C)nn1. The Morgan fingerprint density at radius 3 is 1.25 bits per heavy atom. The van der Waals surface area contributed by atoms with E-state index >= 15 is 0 Å². The van der Waals surface area contributed by atoms with Gasteiger partial charge in [-0.05, 0) is 13.8 Å². The summed E-state index contributed by atoms with van der Waals surface area (Å²) in [5.41, 5.74) is 0. The predicted molar refractivity (Wildman–Crippen MR) is 27.1 cm³/mol. The van der Waals surface area contributed by atoms with E-state index in [4.69, 9.17) is 0 Å². The largest absolute Gasteiger partial charge is 0.170 e. The summed E-state index contributed by atoms with van der Waals surface area (Å²) < 4.78 is 0. The second kappa shape index (κ2) is 1.81. The third-order valence-electron chi connectivity index (χ3n) is 0.679. The maximum absolute atomic E-state index is 3.66. The van der Waals surface area contributed by atoms with Gasteiger partial charge >= 0.3 is 0 Å². The van der Waals surface area contributed by atoms with Crippen LogP contribution in [-0.4, -0.2) is 20.4 Å². The van der Waals surface area contributed by atoms with Crippen LogP contribution in [0.25, 0.3) is 0 Å². The zero-order valence-corrected chi connectivity index (χ0v) is 4.79. The minimum Gasteiger partial charge on any atom is -0.132 e. The van der Waals surface area contributed by atoms with Crippen LogP contribution in [0.2, 0.25) is 0 Å². The van der Waals surface area contributed by atoms with E-state index in [2.05, 4.69) is 20.4 Å². The molecule has 0 radical (unpaired) electrons. The van der Waals surface area contributed by atoms with E-state index in [1.54, 1.807) is 13.8 Å². The van der Waals surface area contributed by atoms with Crippen LogP contribution in [0.5, 0.6) is 0 Å². The number of rotatable bonds is 0. The molecule has 0 saturated carbocycles. The van der Waals surface area contributed by atoms with Crippen molar-refractivity contribution in [1.29, 1.82) is 0 Å². The van der Waals surface area contributed by atoms with Gasteiger partial charge < -0.3 is 0 Å². The molecule has 0 aliphatic carbocycles. The zero-order valence-electron chi connectivity index (χ0n) is 4.79. The number of hydrogen-bond donors (Lipinski definition) is 0. The van der Waals surface area contributed by atoms with Gasteiger partial charge in [0.15, 0.2) is 11.6 Å². The van der Waals surface area contributed by atoms with E-state index in [1.165, 1.54) is 0 Å². The molecule has 0 atom stereocenters. The summed E-state index contributed by atoms with van der Waals surface area (Å²) in [7, 11) is 0. The maximum Gasteiger partial charge on any atom is 0.170 e. The standard InChI is InChI=1S/C4H6N4/c1-3-5-7-4(2)8-6-3/h1-2H3. The topological polar surface area (TPSA) is 51.6 Å². The Balaban J connectivity index is 3.03. The van der Waals surface area contributed by atoms with Crippen molar-refractivity contribution in [3.05, 3.63) is 11.6 Å². The fourth-order valence-electron chi connectivity index (χ4n) is 0.329. The van der Waals surface area contributed by atoms with Crippen LogP contribution in [0, 0.1) is 13.8 Å². The molecule has 1 heterocycles. The molecule has 0 amide bonds. The second-order valence-electron chi connectivity index (χ2n) is 1.49. The maximum atomic E-state index is 3.66. The average Bonchev–Trinajstić information content (AvgIpc) is 1.77. The predicted octanol–water partition coefficient (Wildman–Crippen LogP) is -0.117. The Morgan fingerprint density at radius 2 is 1.00 bits per heavy atom. The fraction of sp³-hybridized carbons (Fsp3) is 0.500. The van der Waals surface area contributed by atoms with Crippen LogP contribution in [0.4, 0.5) is 0 Å². The van der Waals surface area contributed by atoms with Gasteiger partial charge in [0.1, 0.15) is 0 Å². The lowest BCUT2D eigenvalue weighted by atomic mass is 10.7. The van der Waals surface area contributed by atoms with Crippen molar-refractivity contribution in [2.45, 2.75) is 13.8 Å². The Morgan fingerprint density at radius 1 is 0.750 bits per heavy atom. The molecular weight excluding hydrogens is 104 g/mol. The summed E-state index contributed by atoms with van der Waals surface area (Å²) in [6, 6.07) is 0. The lowest BCUT2D eigenvalue weighted by Gasteiger charge is -1.85. The fourth-order valence-corrected chi connectivity index (χ4v) is 0.329. The molecule has 0 unspecified atom stereocenters. The molecule has 0 saturated heterocycles. The smallest absolute Gasteiger partial charge is 0.132 e. The summed E-state index contributed by atoms with van der Waals surface area (Å²) in [5, 5.41) is 14.6. The van der Waals surface area contributed by atoms with Crippen LogP contribution < -0.4 is 0 Å². The highest BCUT2D eigenvalue weighted by molar-refractivity contribution is 4.73. The molecule has 0 aromatic carbocycles. The van der Waals surface area contributed by atoms with Gasteiger partial charge in [-0.15, -0.1) is 20.4 Å². The van der Waals surface area contributed by atoms with Crippen molar-refractivity contribution in [3.63, 3.8) is 0 Å². The highest BCUT2D eigenvalue weighted by atomic mass is 15.3. The summed E-state index contributed by atoms with van der Waals surface area (Å²) in [6.07, 6.45) is 0. The van der Waals surface area contributed by atoms with Crippen LogP contribution in [-0.2, 0) is 0 Å². The van der Waals surface area contributed by atoms with Gasteiger partial charge in [0.25, 0.3) is 0 Å². The highest BCUT2D eigenvalue weighted by Crippen LogP contribution is 1.78. The number of aryl methyl sites for hydroxylation is 2. The molecule has 0 aliphatic heterocycles. The van der Waals surface area contributed by atoms with E-state index < -0.39 is 0 Å². The summed E-state index contributed by atoms with van der Waals surface area (Å²) in [6.45, 7) is 3.50. The zero-order chi connectivity index (χ0) is 5.98. The Labute approximate surface area is 47.0 Å². The first-order valence-electron chi connectivity index (χ1n) is 2.29. The molecule has 4 heteroatoms. The molecule has 42 valence electrons. The molecule has 1 rings (SSSR count). The molecule has 0 fully saturated rings. The normalized spacial score (nSPS) is 9.25. The molecular formula is C4H6N4. The van der Waals surface area contributed by atoms with E-state index in [0.717, 1.165) is 0 Å². The Bertz CT molecular complexity index is 147. The molecule has 8 heavy (non-hydrogen) atoms. The quantitative estimate of drug-likeness (QED) is 0.467. The van der Waals surface area contributed by atoms with Gasteiger partial charge in [0.05, 0.1) is 0 Å². The van der Waals surface area contributed by atoms with E-state index in [1.807, 2.05) is 0 Å². The molecule has 1 aromatic heterocycles. The first-order valence-corrected chi connectivity index (χ1v) is 2.29. The van der Waals surface area contributed by atoms with Crippen molar-refractivity contribution < 1.29 is 0 Å². The van der Waals surface area contributed by atoms with E-state index in [0.29, 0.717) is 11.6 Å². The van der Waals surface area contributed by atoms with Crippen LogP contribution in [0.1, 0.15) is 11.6 Å². The van der Waals surface area contributed by atoms with Crippen LogP contribution >= 0.6 is 0 Å². The molecule has 1 aromatic rings. The highest BCUT2D eigenvalue weighted by Gasteiger charge is 1.86. The van der Waals surface area contributed by atoms with Gasteiger partial charge in [-0.1, -0.05) is 0 Å². The second-order valence-corrected chi connectivity index (χ2v) is 1.49. The number of hydrogen-bond acceptors (Lipinski definition) is 4. The summed E-state index contributed by atoms with van der Waals surface area (Å²) in [4.78, 5) is 0. The first kappa shape index (κ1) is 5.08. The summed E-state index contributed by atoms with van der Waals surface area (Å²) >= 11 is 0. The van der Waals surface area contributed by atoms with Crippen molar-refractivity contribution in [2.24, 2.45) is 0 Å². The minimum atomic E-state index is 0.607. The molecule has 0 aliphatic rings. The molecule has 0 N–H and O–H groups in total. The van der Waals surface area contributed by atoms with Crippen molar-refractivity contribution in [3.8, 4) is 0 Å². The van der Waals surface area contributed by atoms with Crippen molar-refractivity contribution in [1.82, 2.24) is 20.4 Å². The summed E-state index contributed by atoms with van der Waals surface area (Å²) in [5.74, 6) is 1.21. The Hall–Kier alpha value is -1.06. The van der Waals surface area contributed by atoms with E-state index in [9.17, 15) is 0 Å². The van der Waals surface area contributed by atoms with Crippen molar-refractivity contribution in [2.75, 3.05) is 0 Å². The monoisotopic (exact) mass is 110 g/mol. The van der Waals surface area contributed by atoms with Crippen LogP contribution in [0.15, 0.2) is 0 Å². The van der Waals surface area contributed by atoms with Gasteiger partial charge in [-0.3, -0.25) is 0 Å². The van der Waals surface area contributed by atoms with Crippen molar-refractivity contribution >= 4 is 0 Å². The molecule has 0 spiro atoms. The number of aromatic nitrogens is 4. The lowest BCUT2D eigenvalue weighted by molar-refractivity contribution is 0.767. The lowest BCUT2D eigenvalue weighted by Crippen LogP contribution is -1.97.